The first-order chi connectivity index (χ1) is 9.15. The zero-order valence-electron chi connectivity index (χ0n) is 12.2. The summed E-state index contributed by atoms with van der Waals surface area (Å²) in [7, 11) is 0. The Hall–Kier alpha value is -0.650. The summed E-state index contributed by atoms with van der Waals surface area (Å²) in [5.41, 5.74) is 6.53. The number of hydrogen-bond donors (Lipinski definition) is 2. The molecule has 0 unspecified atom stereocenters. The molecule has 1 heterocycles. The van der Waals surface area contributed by atoms with Crippen LogP contribution in [-0.2, 0) is 17.6 Å². The molecule has 0 saturated heterocycles. The SMILES string of the molecule is CCC(CC)(CN)C(=O)Nc1nc2c(s1)CCCC2.Cl. The molecular weight excluding hydrogens is 294 g/mol. The van der Waals surface area contributed by atoms with Crippen LogP contribution >= 0.6 is 23.7 Å². The minimum atomic E-state index is -0.452. The van der Waals surface area contributed by atoms with Gasteiger partial charge in [0.2, 0.25) is 5.91 Å². The average molecular weight is 318 g/mol. The van der Waals surface area contributed by atoms with E-state index in [1.54, 1.807) is 11.3 Å². The van der Waals surface area contributed by atoms with Gasteiger partial charge in [0.15, 0.2) is 5.13 Å². The number of aromatic nitrogens is 1. The van der Waals surface area contributed by atoms with Crippen LogP contribution in [0.1, 0.15) is 50.1 Å². The Morgan fingerprint density at radius 3 is 2.55 bits per heavy atom. The van der Waals surface area contributed by atoms with E-state index in [1.807, 2.05) is 13.8 Å². The highest BCUT2D eigenvalue weighted by atomic mass is 35.5. The number of aryl methyl sites for hydroxylation is 2. The van der Waals surface area contributed by atoms with Crippen molar-refractivity contribution in [2.75, 3.05) is 11.9 Å². The molecule has 0 atom stereocenters. The molecule has 0 spiro atoms. The van der Waals surface area contributed by atoms with Crippen molar-refractivity contribution in [3.05, 3.63) is 10.6 Å². The number of nitrogens with zero attached hydrogens (tertiary/aromatic N) is 1. The van der Waals surface area contributed by atoms with Crippen LogP contribution in [0.4, 0.5) is 5.13 Å². The maximum absolute atomic E-state index is 12.4. The van der Waals surface area contributed by atoms with Crippen LogP contribution in [0, 0.1) is 5.41 Å². The number of anilines is 1. The maximum atomic E-state index is 12.4. The summed E-state index contributed by atoms with van der Waals surface area (Å²) in [5.74, 6) is 0.0195. The van der Waals surface area contributed by atoms with Crippen molar-refractivity contribution in [1.29, 1.82) is 0 Å². The first kappa shape index (κ1) is 17.4. The molecule has 6 heteroatoms. The molecule has 1 aliphatic rings. The van der Waals surface area contributed by atoms with E-state index in [1.165, 1.54) is 23.4 Å². The summed E-state index contributed by atoms with van der Waals surface area (Å²) in [6.45, 7) is 4.42. The van der Waals surface area contributed by atoms with Crippen molar-refractivity contribution in [2.24, 2.45) is 11.1 Å². The van der Waals surface area contributed by atoms with Crippen molar-refractivity contribution < 1.29 is 4.79 Å². The second kappa shape index (κ2) is 7.38. The third kappa shape index (κ3) is 3.32. The molecule has 20 heavy (non-hydrogen) atoms. The third-order valence-corrected chi connectivity index (χ3v) is 5.36. The predicted molar refractivity (Wildman–Crippen MR) is 86.7 cm³/mol. The van der Waals surface area contributed by atoms with E-state index in [2.05, 4.69) is 10.3 Å². The van der Waals surface area contributed by atoms with Gasteiger partial charge in [0.05, 0.1) is 11.1 Å². The smallest absolute Gasteiger partial charge is 0.233 e. The van der Waals surface area contributed by atoms with Gasteiger partial charge in [-0.15, -0.1) is 23.7 Å². The van der Waals surface area contributed by atoms with Gasteiger partial charge in [-0.25, -0.2) is 4.98 Å². The van der Waals surface area contributed by atoms with Crippen LogP contribution in [0.15, 0.2) is 0 Å². The van der Waals surface area contributed by atoms with Crippen molar-refractivity contribution in [1.82, 2.24) is 4.98 Å². The summed E-state index contributed by atoms with van der Waals surface area (Å²) >= 11 is 1.63. The second-order valence-corrected chi connectivity index (χ2v) is 6.33. The van der Waals surface area contributed by atoms with E-state index in [0.29, 0.717) is 6.54 Å². The Kier molecular flexibility index (Phi) is 6.43. The van der Waals surface area contributed by atoms with Crippen LogP contribution in [0.5, 0.6) is 0 Å². The van der Waals surface area contributed by atoms with Gasteiger partial charge in [0.25, 0.3) is 0 Å². The molecule has 0 saturated carbocycles. The molecule has 0 radical (unpaired) electrons. The first-order valence-electron chi connectivity index (χ1n) is 7.15. The van der Waals surface area contributed by atoms with Gasteiger partial charge in [-0.2, -0.15) is 0 Å². The molecule has 0 aromatic carbocycles. The number of thiazole rings is 1. The number of carbonyl (C=O) groups excluding carboxylic acids is 1. The molecule has 0 bridgehead atoms. The largest absolute Gasteiger partial charge is 0.329 e. The molecule has 114 valence electrons. The number of carbonyl (C=O) groups is 1. The van der Waals surface area contributed by atoms with E-state index in [4.69, 9.17) is 5.73 Å². The Morgan fingerprint density at radius 1 is 1.35 bits per heavy atom. The van der Waals surface area contributed by atoms with Crippen LogP contribution in [0.2, 0.25) is 0 Å². The van der Waals surface area contributed by atoms with Crippen molar-refractivity contribution in [2.45, 2.75) is 52.4 Å². The Morgan fingerprint density at radius 2 is 2.00 bits per heavy atom. The van der Waals surface area contributed by atoms with E-state index < -0.39 is 5.41 Å². The number of rotatable bonds is 5. The van der Waals surface area contributed by atoms with Crippen LogP contribution in [0.3, 0.4) is 0 Å². The van der Waals surface area contributed by atoms with Gasteiger partial charge in [0.1, 0.15) is 0 Å². The van der Waals surface area contributed by atoms with Gasteiger partial charge >= 0.3 is 0 Å². The fraction of sp³-hybridized carbons (Fsp3) is 0.714. The van der Waals surface area contributed by atoms with Crippen LogP contribution < -0.4 is 11.1 Å². The quantitative estimate of drug-likeness (QED) is 0.876. The Bertz CT molecular complexity index is 426. The van der Waals surface area contributed by atoms with Gasteiger partial charge in [-0.3, -0.25) is 4.79 Å². The Labute approximate surface area is 131 Å². The molecular formula is C14H24ClN3OS. The molecule has 3 N–H and O–H groups in total. The maximum Gasteiger partial charge on any atom is 0.233 e. The van der Waals surface area contributed by atoms with E-state index in [9.17, 15) is 4.79 Å². The van der Waals surface area contributed by atoms with Crippen LogP contribution in [0.25, 0.3) is 0 Å². The van der Waals surface area contributed by atoms with Crippen molar-refractivity contribution in [3.63, 3.8) is 0 Å². The molecule has 1 aliphatic carbocycles. The number of halogens is 1. The minimum absolute atomic E-state index is 0. The number of fused-ring (bicyclic) bond motifs is 1. The van der Waals surface area contributed by atoms with Gasteiger partial charge in [-0.05, 0) is 38.5 Å². The Balaban J connectivity index is 0.00000200. The number of hydrogen-bond acceptors (Lipinski definition) is 4. The minimum Gasteiger partial charge on any atom is -0.329 e. The van der Waals surface area contributed by atoms with Crippen molar-refractivity contribution >= 4 is 34.8 Å². The summed E-state index contributed by atoms with van der Waals surface area (Å²) in [4.78, 5) is 18.3. The lowest BCUT2D eigenvalue weighted by atomic mass is 9.81. The van der Waals surface area contributed by atoms with E-state index >= 15 is 0 Å². The summed E-state index contributed by atoms with van der Waals surface area (Å²) in [6, 6.07) is 0. The molecule has 1 amide bonds. The zero-order valence-corrected chi connectivity index (χ0v) is 13.8. The number of nitrogens with two attached hydrogens (primary N) is 1. The summed E-state index contributed by atoms with van der Waals surface area (Å²) in [6.07, 6.45) is 6.12. The molecule has 0 aliphatic heterocycles. The van der Waals surface area contributed by atoms with Gasteiger partial charge < -0.3 is 11.1 Å². The fourth-order valence-electron chi connectivity index (χ4n) is 2.59. The van der Waals surface area contributed by atoms with E-state index in [0.717, 1.165) is 30.8 Å². The van der Waals surface area contributed by atoms with Gasteiger partial charge in [0, 0.05) is 11.4 Å². The predicted octanol–water partition coefficient (Wildman–Crippen LogP) is 3.15. The highest BCUT2D eigenvalue weighted by Crippen LogP contribution is 2.32. The van der Waals surface area contributed by atoms with Gasteiger partial charge in [-0.1, -0.05) is 13.8 Å². The lowest BCUT2D eigenvalue weighted by Gasteiger charge is -2.27. The van der Waals surface area contributed by atoms with E-state index in [-0.39, 0.29) is 18.3 Å². The monoisotopic (exact) mass is 317 g/mol. The highest BCUT2D eigenvalue weighted by molar-refractivity contribution is 7.15. The topological polar surface area (TPSA) is 68.0 Å². The first-order valence-corrected chi connectivity index (χ1v) is 7.97. The second-order valence-electron chi connectivity index (χ2n) is 5.24. The highest BCUT2D eigenvalue weighted by Gasteiger charge is 2.34. The summed E-state index contributed by atoms with van der Waals surface area (Å²) in [5, 5.41) is 3.73. The lowest BCUT2D eigenvalue weighted by Crippen LogP contribution is -2.41. The third-order valence-electron chi connectivity index (χ3n) is 4.29. The number of nitrogens with one attached hydrogen (secondary N) is 1. The average Bonchev–Trinajstić information content (AvgIpc) is 2.83. The molecule has 1 aromatic heterocycles. The summed E-state index contributed by atoms with van der Waals surface area (Å²) < 4.78 is 0. The molecule has 4 nitrogen and oxygen atoms in total. The van der Waals surface area contributed by atoms with Crippen LogP contribution in [-0.4, -0.2) is 17.4 Å². The molecule has 1 aromatic rings. The fourth-order valence-corrected chi connectivity index (χ4v) is 3.63. The molecule has 2 rings (SSSR count). The van der Waals surface area contributed by atoms with Crippen molar-refractivity contribution in [3.8, 4) is 0 Å². The number of amides is 1. The lowest BCUT2D eigenvalue weighted by molar-refractivity contribution is -0.125. The normalized spacial score (nSPS) is 14.3. The zero-order chi connectivity index (χ0) is 13.9. The standard InChI is InChI=1S/C14H23N3OS.ClH/c1-3-14(4-2,9-15)12(18)17-13-16-10-7-5-6-8-11(10)19-13;/h3-9,15H2,1-2H3,(H,16,17,18);1H. The molecule has 0 fully saturated rings.